The van der Waals surface area contributed by atoms with Crippen LogP contribution in [0.5, 0.6) is 5.75 Å². The molecule has 104 valence electrons. The summed E-state index contributed by atoms with van der Waals surface area (Å²) in [6, 6.07) is 11.9. The summed E-state index contributed by atoms with van der Waals surface area (Å²) >= 11 is 5.52. The highest BCUT2D eigenvalue weighted by Crippen LogP contribution is 2.28. The monoisotopic (exact) mass is 443 g/mol. The number of aliphatic imine (C=N–C) groups is 1. The molecule has 2 aromatic carbocycles. The fourth-order valence-corrected chi connectivity index (χ4v) is 3.32. The molecule has 0 heterocycles. The van der Waals surface area contributed by atoms with Gasteiger partial charge in [0, 0.05) is 16.3 Å². The molecule has 0 bridgehead atoms. The minimum atomic E-state index is 0.261. The van der Waals surface area contributed by atoms with Crippen molar-refractivity contribution in [2.24, 2.45) is 4.99 Å². The number of benzene rings is 2. The molecular weight excluding hydrogens is 429 g/mol. The normalized spacial score (nSPS) is 11.4. The van der Waals surface area contributed by atoms with Crippen LogP contribution in [0.1, 0.15) is 30.9 Å². The van der Waals surface area contributed by atoms with E-state index in [9.17, 15) is 5.11 Å². The van der Waals surface area contributed by atoms with Crippen molar-refractivity contribution in [2.45, 2.75) is 19.8 Å². The Hall–Kier alpha value is -0.880. The van der Waals surface area contributed by atoms with Gasteiger partial charge < -0.3 is 5.11 Å². The fourth-order valence-electron chi connectivity index (χ4n) is 1.77. The van der Waals surface area contributed by atoms with Crippen molar-refractivity contribution in [3.05, 3.63) is 55.6 Å². The van der Waals surface area contributed by atoms with Crippen LogP contribution in [0.2, 0.25) is 0 Å². The molecule has 2 aromatic rings. The molecular formula is C16H15BrINO. The second-order valence-electron chi connectivity index (χ2n) is 4.83. The van der Waals surface area contributed by atoms with Crippen LogP contribution in [0, 0.1) is 3.57 Å². The Labute approximate surface area is 141 Å². The van der Waals surface area contributed by atoms with E-state index < -0.39 is 0 Å². The first-order chi connectivity index (χ1) is 9.47. The third kappa shape index (κ3) is 3.82. The van der Waals surface area contributed by atoms with Gasteiger partial charge in [-0.2, -0.15) is 0 Å². The van der Waals surface area contributed by atoms with Crippen molar-refractivity contribution < 1.29 is 5.11 Å². The Balaban J connectivity index is 2.25. The number of aromatic hydroxyl groups is 1. The second-order valence-corrected chi connectivity index (χ2v) is 6.91. The molecule has 0 spiro atoms. The van der Waals surface area contributed by atoms with Gasteiger partial charge in [0.05, 0.1) is 9.26 Å². The summed E-state index contributed by atoms with van der Waals surface area (Å²) in [6.07, 6.45) is 1.69. The van der Waals surface area contributed by atoms with Gasteiger partial charge in [0.2, 0.25) is 0 Å². The first-order valence-electron chi connectivity index (χ1n) is 6.29. The number of hydrogen-bond acceptors (Lipinski definition) is 2. The van der Waals surface area contributed by atoms with Crippen LogP contribution < -0.4 is 0 Å². The van der Waals surface area contributed by atoms with Gasteiger partial charge >= 0.3 is 0 Å². The zero-order valence-corrected chi connectivity index (χ0v) is 15.0. The summed E-state index contributed by atoms with van der Waals surface area (Å²) in [5, 5.41) is 10.00. The van der Waals surface area contributed by atoms with Crippen molar-refractivity contribution >= 4 is 50.4 Å². The molecule has 2 rings (SSSR count). The van der Waals surface area contributed by atoms with E-state index >= 15 is 0 Å². The molecule has 0 aliphatic heterocycles. The Morgan fingerprint density at radius 2 is 1.85 bits per heavy atom. The molecule has 2 nitrogen and oxygen atoms in total. The van der Waals surface area contributed by atoms with Gasteiger partial charge in [-0.25, -0.2) is 0 Å². The van der Waals surface area contributed by atoms with Crippen LogP contribution in [0.3, 0.4) is 0 Å². The maximum Gasteiger partial charge on any atom is 0.137 e. The van der Waals surface area contributed by atoms with E-state index in [-0.39, 0.29) is 5.75 Å². The molecule has 0 fully saturated rings. The summed E-state index contributed by atoms with van der Waals surface area (Å²) in [5.74, 6) is 0.778. The van der Waals surface area contributed by atoms with E-state index in [1.807, 2.05) is 24.3 Å². The summed E-state index contributed by atoms with van der Waals surface area (Å²) in [4.78, 5) is 4.41. The van der Waals surface area contributed by atoms with E-state index in [1.54, 1.807) is 6.21 Å². The summed E-state index contributed by atoms with van der Waals surface area (Å²) < 4.78 is 1.73. The predicted octanol–water partition coefficient (Wildman–Crippen LogP) is 5.63. The Morgan fingerprint density at radius 3 is 2.45 bits per heavy atom. The number of hydrogen-bond donors (Lipinski definition) is 1. The standard InChI is InChI=1S/C16H15BrINO/c1-10(2)11-3-5-14(6-4-11)19-9-12-7-13(17)8-15(18)16(12)20/h3-10,20H,1-2H3. The average molecular weight is 444 g/mol. The molecule has 1 N–H and O–H groups in total. The lowest BCUT2D eigenvalue weighted by Gasteiger charge is -2.05. The molecule has 0 unspecified atom stereocenters. The van der Waals surface area contributed by atoms with Crippen LogP contribution in [-0.2, 0) is 0 Å². The molecule has 0 saturated heterocycles. The topological polar surface area (TPSA) is 32.6 Å². The predicted molar refractivity (Wildman–Crippen MR) is 96.3 cm³/mol. The average Bonchev–Trinajstić information content (AvgIpc) is 2.41. The summed E-state index contributed by atoms with van der Waals surface area (Å²) in [6.45, 7) is 4.33. The maximum absolute atomic E-state index is 10.00. The summed E-state index contributed by atoms with van der Waals surface area (Å²) in [5.41, 5.74) is 2.88. The first-order valence-corrected chi connectivity index (χ1v) is 8.16. The number of phenols is 1. The zero-order valence-electron chi connectivity index (χ0n) is 11.3. The highest BCUT2D eigenvalue weighted by molar-refractivity contribution is 14.1. The van der Waals surface area contributed by atoms with E-state index in [0.29, 0.717) is 11.5 Å². The summed E-state index contributed by atoms with van der Waals surface area (Å²) in [7, 11) is 0. The van der Waals surface area contributed by atoms with Crippen LogP contribution in [0.25, 0.3) is 0 Å². The fraction of sp³-hybridized carbons (Fsp3) is 0.188. The molecule has 0 aliphatic carbocycles. The molecule has 0 atom stereocenters. The lowest BCUT2D eigenvalue weighted by molar-refractivity contribution is 0.470. The van der Waals surface area contributed by atoms with Gasteiger partial charge in [-0.1, -0.05) is 41.9 Å². The van der Waals surface area contributed by atoms with Crippen molar-refractivity contribution in [1.82, 2.24) is 0 Å². The highest BCUT2D eigenvalue weighted by Gasteiger charge is 2.05. The first kappa shape index (κ1) is 15.5. The van der Waals surface area contributed by atoms with Crippen molar-refractivity contribution in [3.8, 4) is 5.75 Å². The van der Waals surface area contributed by atoms with E-state index in [1.165, 1.54) is 5.56 Å². The quantitative estimate of drug-likeness (QED) is 0.483. The van der Waals surface area contributed by atoms with E-state index in [0.717, 1.165) is 13.7 Å². The molecule has 20 heavy (non-hydrogen) atoms. The lowest BCUT2D eigenvalue weighted by Crippen LogP contribution is -1.87. The van der Waals surface area contributed by atoms with Crippen molar-refractivity contribution in [3.63, 3.8) is 0 Å². The third-order valence-corrected chi connectivity index (χ3v) is 4.25. The second kappa shape index (κ2) is 6.72. The smallest absolute Gasteiger partial charge is 0.137 e. The number of phenolic OH excluding ortho intramolecular Hbond substituents is 1. The van der Waals surface area contributed by atoms with Crippen LogP contribution in [0.4, 0.5) is 5.69 Å². The number of nitrogens with zero attached hydrogens (tertiary/aromatic N) is 1. The Bertz CT molecular complexity index is 636. The minimum absolute atomic E-state index is 0.261. The van der Waals surface area contributed by atoms with Gasteiger partial charge in [0.1, 0.15) is 5.75 Å². The molecule has 4 heteroatoms. The molecule has 0 amide bonds. The van der Waals surface area contributed by atoms with E-state index in [2.05, 4.69) is 69.5 Å². The molecule has 0 saturated carbocycles. The van der Waals surface area contributed by atoms with Crippen molar-refractivity contribution in [2.75, 3.05) is 0 Å². The minimum Gasteiger partial charge on any atom is -0.506 e. The van der Waals surface area contributed by atoms with Crippen LogP contribution in [0.15, 0.2) is 45.9 Å². The largest absolute Gasteiger partial charge is 0.506 e. The third-order valence-electron chi connectivity index (χ3n) is 2.97. The van der Waals surface area contributed by atoms with Crippen LogP contribution >= 0.6 is 38.5 Å². The lowest BCUT2D eigenvalue weighted by atomic mass is 10.0. The van der Waals surface area contributed by atoms with Crippen LogP contribution in [-0.4, -0.2) is 11.3 Å². The van der Waals surface area contributed by atoms with Gasteiger partial charge in [0.25, 0.3) is 0 Å². The van der Waals surface area contributed by atoms with Gasteiger partial charge in [-0.15, -0.1) is 0 Å². The maximum atomic E-state index is 10.00. The van der Waals surface area contributed by atoms with Gasteiger partial charge in [-0.3, -0.25) is 4.99 Å². The molecule has 0 aliphatic rings. The highest BCUT2D eigenvalue weighted by atomic mass is 127. The van der Waals surface area contributed by atoms with Gasteiger partial charge in [0.15, 0.2) is 0 Å². The number of halogens is 2. The number of rotatable bonds is 3. The Morgan fingerprint density at radius 1 is 1.20 bits per heavy atom. The Kier molecular flexibility index (Phi) is 5.21. The van der Waals surface area contributed by atoms with Gasteiger partial charge in [-0.05, 0) is 58.3 Å². The molecule has 0 radical (unpaired) electrons. The van der Waals surface area contributed by atoms with E-state index in [4.69, 9.17) is 0 Å². The van der Waals surface area contributed by atoms with Crippen molar-refractivity contribution in [1.29, 1.82) is 0 Å². The molecule has 0 aromatic heterocycles. The zero-order chi connectivity index (χ0) is 14.7. The SMILES string of the molecule is CC(C)c1ccc(N=Cc2cc(Br)cc(I)c2O)cc1.